The number of pyridine rings is 1. The highest BCUT2D eigenvalue weighted by atomic mass is 15.3. The van der Waals surface area contributed by atoms with Crippen LogP contribution in [-0.4, -0.2) is 14.8 Å². The van der Waals surface area contributed by atoms with Gasteiger partial charge in [0.15, 0.2) is 0 Å². The van der Waals surface area contributed by atoms with Gasteiger partial charge in [-0.2, -0.15) is 5.10 Å². The minimum Gasteiger partial charge on any atom is -0.259 e. The van der Waals surface area contributed by atoms with Gasteiger partial charge in [0.2, 0.25) is 0 Å². The molecule has 3 rings (SSSR count). The van der Waals surface area contributed by atoms with Gasteiger partial charge < -0.3 is 0 Å². The summed E-state index contributed by atoms with van der Waals surface area (Å²) in [7, 11) is 0. The summed E-state index contributed by atoms with van der Waals surface area (Å²) in [4.78, 5) is 4.32. The number of rotatable bonds is 2. The third kappa shape index (κ3) is 1.91. The molecule has 0 bridgehead atoms. The van der Waals surface area contributed by atoms with E-state index in [0.717, 1.165) is 11.2 Å². The van der Waals surface area contributed by atoms with Crippen LogP contribution in [0.4, 0.5) is 0 Å². The molecule has 0 aliphatic rings. The third-order valence-corrected chi connectivity index (χ3v) is 2.84. The number of aryl methyl sites for hydroxylation is 1. The molecule has 0 spiro atoms. The SMILES string of the molecule is Cc1ccc2c(cnn2Cc2ccccn2)c1. The molecule has 0 saturated heterocycles. The van der Waals surface area contributed by atoms with Crippen molar-refractivity contribution < 1.29 is 0 Å². The maximum absolute atomic E-state index is 4.41. The average Bonchev–Trinajstić information content (AvgIpc) is 2.73. The molecule has 2 aromatic heterocycles. The maximum Gasteiger partial charge on any atom is 0.0838 e. The Bertz CT molecular complexity index is 641. The molecule has 0 saturated carbocycles. The van der Waals surface area contributed by atoms with E-state index in [9.17, 15) is 0 Å². The van der Waals surface area contributed by atoms with Crippen LogP contribution in [0.15, 0.2) is 48.8 Å². The number of benzene rings is 1. The van der Waals surface area contributed by atoms with Gasteiger partial charge in [0.1, 0.15) is 0 Å². The predicted octanol–water partition coefficient (Wildman–Crippen LogP) is 2.79. The summed E-state index contributed by atoms with van der Waals surface area (Å²) in [5.74, 6) is 0. The van der Waals surface area contributed by atoms with Crippen molar-refractivity contribution in [3.63, 3.8) is 0 Å². The van der Waals surface area contributed by atoms with Crippen molar-refractivity contribution in [1.29, 1.82) is 0 Å². The van der Waals surface area contributed by atoms with Crippen LogP contribution in [0.3, 0.4) is 0 Å². The summed E-state index contributed by atoms with van der Waals surface area (Å²) in [6.07, 6.45) is 3.72. The molecule has 3 heteroatoms. The van der Waals surface area contributed by atoms with Gasteiger partial charge in [-0.1, -0.05) is 17.7 Å². The van der Waals surface area contributed by atoms with E-state index in [0.29, 0.717) is 6.54 Å². The molecule has 0 atom stereocenters. The van der Waals surface area contributed by atoms with Crippen molar-refractivity contribution in [2.45, 2.75) is 13.5 Å². The second-order valence-corrected chi connectivity index (χ2v) is 4.19. The van der Waals surface area contributed by atoms with E-state index in [1.165, 1.54) is 10.9 Å². The molecule has 0 fully saturated rings. The first-order valence-corrected chi connectivity index (χ1v) is 5.65. The largest absolute Gasteiger partial charge is 0.259 e. The summed E-state index contributed by atoms with van der Waals surface area (Å²) in [6.45, 7) is 2.81. The van der Waals surface area contributed by atoms with E-state index < -0.39 is 0 Å². The number of fused-ring (bicyclic) bond motifs is 1. The van der Waals surface area contributed by atoms with Gasteiger partial charge in [-0.3, -0.25) is 9.67 Å². The molecule has 2 heterocycles. The molecule has 0 amide bonds. The zero-order chi connectivity index (χ0) is 11.7. The average molecular weight is 223 g/mol. The third-order valence-electron chi connectivity index (χ3n) is 2.84. The lowest BCUT2D eigenvalue weighted by atomic mass is 10.2. The van der Waals surface area contributed by atoms with Crippen LogP contribution in [0, 0.1) is 6.92 Å². The number of hydrogen-bond donors (Lipinski definition) is 0. The first kappa shape index (κ1) is 10.0. The molecular formula is C14H13N3. The second kappa shape index (κ2) is 4.01. The Labute approximate surface area is 99.7 Å². The quantitative estimate of drug-likeness (QED) is 0.668. The summed E-state index contributed by atoms with van der Waals surface area (Å²) < 4.78 is 1.98. The van der Waals surface area contributed by atoms with Gasteiger partial charge in [0.25, 0.3) is 0 Å². The van der Waals surface area contributed by atoms with Crippen LogP contribution in [0.25, 0.3) is 10.9 Å². The number of hydrogen-bond acceptors (Lipinski definition) is 2. The van der Waals surface area contributed by atoms with E-state index in [4.69, 9.17) is 0 Å². The fourth-order valence-electron chi connectivity index (χ4n) is 1.98. The highest BCUT2D eigenvalue weighted by Gasteiger charge is 2.03. The molecule has 0 aliphatic heterocycles. The Balaban J connectivity index is 2.01. The van der Waals surface area contributed by atoms with Crippen molar-refractivity contribution in [2.75, 3.05) is 0 Å². The van der Waals surface area contributed by atoms with Gasteiger partial charge in [-0.25, -0.2) is 0 Å². The summed E-state index contributed by atoms with van der Waals surface area (Å²) >= 11 is 0. The Morgan fingerprint density at radius 3 is 2.94 bits per heavy atom. The van der Waals surface area contributed by atoms with Crippen LogP contribution in [-0.2, 0) is 6.54 Å². The monoisotopic (exact) mass is 223 g/mol. The summed E-state index contributed by atoms with van der Waals surface area (Å²) in [6, 6.07) is 12.3. The Hall–Kier alpha value is -2.16. The standard InChI is InChI=1S/C14H13N3/c1-11-5-6-14-12(8-11)9-16-17(14)10-13-4-2-3-7-15-13/h2-9H,10H2,1H3. The first-order chi connectivity index (χ1) is 8.33. The Morgan fingerprint density at radius 2 is 2.12 bits per heavy atom. The second-order valence-electron chi connectivity index (χ2n) is 4.19. The van der Waals surface area contributed by atoms with Crippen molar-refractivity contribution in [2.24, 2.45) is 0 Å². The molecule has 0 N–H and O–H groups in total. The zero-order valence-electron chi connectivity index (χ0n) is 9.67. The molecule has 3 aromatic rings. The molecule has 0 aliphatic carbocycles. The van der Waals surface area contributed by atoms with E-state index in [-0.39, 0.29) is 0 Å². The van der Waals surface area contributed by atoms with Crippen LogP contribution in [0.2, 0.25) is 0 Å². The fraction of sp³-hybridized carbons (Fsp3) is 0.143. The lowest BCUT2D eigenvalue weighted by Crippen LogP contribution is -2.02. The smallest absolute Gasteiger partial charge is 0.0838 e. The highest BCUT2D eigenvalue weighted by molar-refractivity contribution is 5.79. The van der Waals surface area contributed by atoms with Crippen LogP contribution >= 0.6 is 0 Å². The van der Waals surface area contributed by atoms with Crippen LogP contribution in [0.1, 0.15) is 11.3 Å². The molecule has 0 radical (unpaired) electrons. The van der Waals surface area contributed by atoms with Crippen LogP contribution < -0.4 is 0 Å². The lowest BCUT2D eigenvalue weighted by Gasteiger charge is -2.03. The minimum absolute atomic E-state index is 0.716. The van der Waals surface area contributed by atoms with Crippen LogP contribution in [0.5, 0.6) is 0 Å². The zero-order valence-corrected chi connectivity index (χ0v) is 9.67. The van der Waals surface area contributed by atoms with Gasteiger partial charge in [-0.15, -0.1) is 0 Å². The molecular weight excluding hydrogens is 210 g/mol. The molecule has 17 heavy (non-hydrogen) atoms. The van der Waals surface area contributed by atoms with Crippen molar-refractivity contribution in [3.05, 3.63) is 60.0 Å². The lowest BCUT2D eigenvalue weighted by molar-refractivity contribution is 0.696. The predicted molar refractivity (Wildman–Crippen MR) is 67.8 cm³/mol. The van der Waals surface area contributed by atoms with Gasteiger partial charge in [-0.05, 0) is 31.2 Å². The molecule has 0 unspecified atom stereocenters. The van der Waals surface area contributed by atoms with Crippen molar-refractivity contribution >= 4 is 10.9 Å². The van der Waals surface area contributed by atoms with Gasteiger partial charge >= 0.3 is 0 Å². The fourth-order valence-corrected chi connectivity index (χ4v) is 1.98. The summed E-state index contributed by atoms with van der Waals surface area (Å²) in [5.41, 5.74) is 3.44. The van der Waals surface area contributed by atoms with E-state index in [1.807, 2.05) is 35.3 Å². The minimum atomic E-state index is 0.716. The molecule has 3 nitrogen and oxygen atoms in total. The van der Waals surface area contributed by atoms with Crippen molar-refractivity contribution in [1.82, 2.24) is 14.8 Å². The summed E-state index contributed by atoms with van der Waals surface area (Å²) in [5, 5.41) is 5.59. The number of aromatic nitrogens is 3. The normalized spacial score (nSPS) is 10.9. The van der Waals surface area contributed by atoms with E-state index in [2.05, 4.69) is 35.2 Å². The topological polar surface area (TPSA) is 30.7 Å². The Morgan fingerprint density at radius 1 is 1.18 bits per heavy atom. The van der Waals surface area contributed by atoms with E-state index in [1.54, 1.807) is 0 Å². The number of nitrogens with zero attached hydrogens (tertiary/aromatic N) is 3. The van der Waals surface area contributed by atoms with Gasteiger partial charge in [0.05, 0.1) is 24.0 Å². The molecule has 1 aromatic carbocycles. The highest BCUT2D eigenvalue weighted by Crippen LogP contribution is 2.16. The van der Waals surface area contributed by atoms with Crippen molar-refractivity contribution in [3.8, 4) is 0 Å². The van der Waals surface area contributed by atoms with E-state index >= 15 is 0 Å². The first-order valence-electron chi connectivity index (χ1n) is 5.65. The molecule has 84 valence electrons. The Kier molecular flexibility index (Phi) is 2.37. The maximum atomic E-state index is 4.41. The van der Waals surface area contributed by atoms with Gasteiger partial charge in [0, 0.05) is 11.6 Å².